The molecule has 30 heavy (non-hydrogen) atoms. The summed E-state index contributed by atoms with van der Waals surface area (Å²) in [5.41, 5.74) is 2.89. The Balaban J connectivity index is 1.77. The van der Waals surface area contributed by atoms with Gasteiger partial charge in [0.15, 0.2) is 5.16 Å². The minimum atomic E-state index is -0.160. The molecule has 0 spiro atoms. The minimum Gasteiger partial charge on any atom is -0.497 e. The van der Waals surface area contributed by atoms with Gasteiger partial charge in [-0.1, -0.05) is 30.8 Å². The van der Waals surface area contributed by atoms with E-state index in [-0.39, 0.29) is 29.3 Å². The summed E-state index contributed by atoms with van der Waals surface area (Å²) in [6.45, 7) is 7.84. The quantitative estimate of drug-likeness (QED) is 0.418. The van der Waals surface area contributed by atoms with E-state index in [2.05, 4.69) is 15.3 Å². The number of amides is 1. The summed E-state index contributed by atoms with van der Waals surface area (Å²) in [5, 5.41) is 3.56. The maximum atomic E-state index is 13.0. The smallest absolute Gasteiger partial charge is 0.278 e. The summed E-state index contributed by atoms with van der Waals surface area (Å²) in [5.74, 6) is 0.803. The fourth-order valence-corrected chi connectivity index (χ4v) is 4.18. The second kappa shape index (κ2) is 9.38. The predicted octanol–water partition coefficient (Wildman–Crippen LogP) is 3.98. The molecule has 2 atom stereocenters. The van der Waals surface area contributed by atoms with Crippen molar-refractivity contribution in [2.24, 2.45) is 0 Å². The number of hydrogen-bond acceptors (Lipinski definition) is 5. The molecule has 0 fully saturated rings. The molecule has 0 unspecified atom stereocenters. The van der Waals surface area contributed by atoms with E-state index in [0.29, 0.717) is 16.2 Å². The van der Waals surface area contributed by atoms with Crippen molar-refractivity contribution in [1.82, 2.24) is 19.9 Å². The normalized spacial score (nSPS) is 13.2. The molecule has 0 aliphatic rings. The third-order valence-electron chi connectivity index (χ3n) is 5.12. The van der Waals surface area contributed by atoms with Crippen LogP contribution in [0.4, 0.5) is 0 Å². The number of aromatic nitrogens is 3. The van der Waals surface area contributed by atoms with Gasteiger partial charge in [-0.05, 0) is 51.0 Å². The average Bonchev–Trinajstić information content (AvgIpc) is 3.12. The lowest BCUT2D eigenvalue weighted by molar-refractivity contribution is -0.119. The first-order chi connectivity index (χ1) is 14.3. The minimum absolute atomic E-state index is 0.0146. The fraction of sp³-hybridized carbons (Fsp3) is 0.409. The number of hydrogen-bond donors (Lipinski definition) is 2. The van der Waals surface area contributed by atoms with Crippen molar-refractivity contribution in [3.63, 3.8) is 0 Å². The number of methoxy groups -OCH3 is 1. The number of carbonyl (C=O) groups excluding carboxylic acids is 1. The molecule has 0 radical (unpaired) electrons. The molecule has 0 saturated heterocycles. The lowest BCUT2D eigenvalue weighted by Crippen LogP contribution is -2.29. The Morgan fingerprint density at radius 2 is 2.10 bits per heavy atom. The van der Waals surface area contributed by atoms with Crippen LogP contribution in [0.5, 0.6) is 5.75 Å². The van der Waals surface area contributed by atoms with E-state index in [1.165, 1.54) is 11.8 Å². The largest absolute Gasteiger partial charge is 0.497 e. The van der Waals surface area contributed by atoms with Gasteiger partial charge in [-0.2, -0.15) is 0 Å². The van der Waals surface area contributed by atoms with Gasteiger partial charge in [0.05, 0.1) is 24.4 Å². The van der Waals surface area contributed by atoms with Gasteiger partial charge in [0.25, 0.3) is 5.56 Å². The molecule has 2 heterocycles. The van der Waals surface area contributed by atoms with E-state index >= 15 is 0 Å². The van der Waals surface area contributed by atoms with Crippen LogP contribution in [0.1, 0.15) is 50.5 Å². The first kappa shape index (κ1) is 22.0. The number of benzene rings is 1. The van der Waals surface area contributed by atoms with Gasteiger partial charge in [0, 0.05) is 11.7 Å². The zero-order valence-electron chi connectivity index (χ0n) is 18.0. The molecule has 160 valence electrons. The molecule has 3 rings (SSSR count). The zero-order chi connectivity index (χ0) is 21.8. The molecule has 0 aliphatic heterocycles. The number of nitrogens with one attached hydrogen (secondary N) is 2. The number of aromatic amines is 1. The van der Waals surface area contributed by atoms with Gasteiger partial charge >= 0.3 is 0 Å². The van der Waals surface area contributed by atoms with Crippen LogP contribution in [0, 0.1) is 6.92 Å². The number of aryl methyl sites for hydroxylation is 1. The van der Waals surface area contributed by atoms with Crippen LogP contribution in [0.15, 0.2) is 40.3 Å². The fourth-order valence-electron chi connectivity index (χ4n) is 3.27. The Bertz CT molecular complexity index is 1110. The molecule has 1 aromatic carbocycles. The second-order valence-corrected chi connectivity index (χ2v) is 8.34. The van der Waals surface area contributed by atoms with Crippen LogP contribution < -0.4 is 15.6 Å². The van der Waals surface area contributed by atoms with Crippen molar-refractivity contribution in [2.75, 3.05) is 12.9 Å². The topological polar surface area (TPSA) is 89.0 Å². The molecule has 0 bridgehead atoms. The first-order valence-corrected chi connectivity index (χ1v) is 11.0. The Labute approximate surface area is 180 Å². The number of carbonyl (C=O) groups is 1. The summed E-state index contributed by atoms with van der Waals surface area (Å²) >= 11 is 1.28. The second-order valence-electron chi connectivity index (χ2n) is 7.39. The summed E-state index contributed by atoms with van der Waals surface area (Å²) in [4.78, 5) is 33.3. The molecule has 3 aromatic rings. The molecule has 1 amide bonds. The van der Waals surface area contributed by atoms with E-state index in [4.69, 9.17) is 4.74 Å². The van der Waals surface area contributed by atoms with Crippen molar-refractivity contribution in [2.45, 2.75) is 51.4 Å². The van der Waals surface area contributed by atoms with E-state index in [0.717, 1.165) is 23.4 Å². The third-order valence-corrected chi connectivity index (χ3v) is 6.07. The predicted molar refractivity (Wildman–Crippen MR) is 120 cm³/mol. The summed E-state index contributed by atoms with van der Waals surface area (Å²) in [6.07, 6.45) is 0.791. The standard InChI is InChI=1S/C22H28N4O3S/c1-6-14(3)26-21(28)20-18(10-13(2)23-20)25-22(26)30-12-19(27)24-15(4)16-8-7-9-17(11-16)29-5/h7-11,14-15,23H,6,12H2,1-5H3,(H,24,27)/t14-,15+/m1/s1. The van der Waals surface area contributed by atoms with E-state index < -0.39 is 0 Å². The van der Waals surface area contributed by atoms with Crippen molar-refractivity contribution in [1.29, 1.82) is 0 Å². The number of thioether (sulfide) groups is 1. The number of fused-ring (bicyclic) bond motifs is 1. The zero-order valence-corrected chi connectivity index (χ0v) is 18.8. The Hall–Kier alpha value is -2.74. The molecule has 0 saturated carbocycles. The maximum Gasteiger partial charge on any atom is 0.278 e. The Kier molecular flexibility index (Phi) is 6.87. The van der Waals surface area contributed by atoms with Gasteiger partial charge in [0.2, 0.25) is 5.91 Å². The third kappa shape index (κ3) is 4.70. The maximum absolute atomic E-state index is 13.0. The van der Waals surface area contributed by atoms with Gasteiger partial charge in [-0.25, -0.2) is 4.98 Å². The SMILES string of the molecule is CC[C@@H](C)n1c(SCC(=O)N[C@@H](C)c2cccc(OC)c2)nc2cc(C)[nH]c2c1=O. The van der Waals surface area contributed by atoms with E-state index in [1.54, 1.807) is 11.7 Å². The molecule has 0 aliphatic carbocycles. The number of nitrogens with zero attached hydrogens (tertiary/aromatic N) is 2. The monoisotopic (exact) mass is 428 g/mol. The van der Waals surface area contributed by atoms with Crippen molar-refractivity contribution in [3.8, 4) is 5.75 Å². The van der Waals surface area contributed by atoms with Crippen LogP contribution in [-0.4, -0.2) is 33.3 Å². The number of ether oxygens (including phenoxy) is 1. The lowest BCUT2D eigenvalue weighted by Gasteiger charge is -2.18. The molecule has 7 nitrogen and oxygen atoms in total. The first-order valence-electron chi connectivity index (χ1n) is 10.0. The van der Waals surface area contributed by atoms with E-state index in [1.807, 2.05) is 58.0 Å². The van der Waals surface area contributed by atoms with Crippen LogP contribution in [0.2, 0.25) is 0 Å². The van der Waals surface area contributed by atoms with Gasteiger partial charge in [-0.3, -0.25) is 14.2 Å². The lowest BCUT2D eigenvalue weighted by atomic mass is 10.1. The highest BCUT2D eigenvalue weighted by atomic mass is 32.2. The van der Waals surface area contributed by atoms with Crippen molar-refractivity contribution < 1.29 is 9.53 Å². The van der Waals surface area contributed by atoms with Gasteiger partial charge < -0.3 is 15.0 Å². The summed E-state index contributed by atoms with van der Waals surface area (Å²) < 4.78 is 6.93. The highest BCUT2D eigenvalue weighted by Gasteiger charge is 2.18. The van der Waals surface area contributed by atoms with Crippen LogP contribution in [-0.2, 0) is 4.79 Å². The van der Waals surface area contributed by atoms with Crippen molar-refractivity contribution >= 4 is 28.7 Å². The Morgan fingerprint density at radius 1 is 1.33 bits per heavy atom. The highest BCUT2D eigenvalue weighted by molar-refractivity contribution is 7.99. The molecular weight excluding hydrogens is 400 g/mol. The van der Waals surface area contributed by atoms with Crippen molar-refractivity contribution in [3.05, 3.63) is 51.9 Å². The molecular formula is C22H28N4O3S. The summed E-state index contributed by atoms with van der Waals surface area (Å²) in [7, 11) is 1.62. The van der Waals surface area contributed by atoms with Gasteiger partial charge in [-0.15, -0.1) is 0 Å². The average molecular weight is 429 g/mol. The van der Waals surface area contributed by atoms with Gasteiger partial charge in [0.1, 0.15) is 11.3 Å². The number of rotatable bonds is 8. The molecule has 8 heteroatoms. The molecule has 2 N–H and O–H groups in total. The van der Waals surface area contributed by atoms with Crippen LogP contribution >= 0.6 is 11.8 Å². The Morgan fingerprint density at radius 3 is 2.80 bits per heavy atom. The van der Waals surface area contributed by atoms with E-state index in [9.17, 15) is 9.59 Å². The summed E-state index contributed by atoms with van der Waals surface area (Å²) in [6, 6.07) is 9.30. The van der Waals surface area contributed by atoms with Crippen LogP contribution in [0.3, 0.4) is 0 Å². The van der Waals surface area contributed by atoms with Crippen LogP contribution in [0.25, 0.3) is 11.0 Å². The molecule has 2 aromatic heterocycles. The highest BCUT2D eigenvalue weighted by Crippen LogP contribution is 2.23. The number of H-pyrrole nitrogens is 1.